The molecule has 1 saturated heterocycles. The summed E-state index contributed by atoms with van der Waals surface area (Å²) in [5.41, 5.74) is 0.734. The van der Waals surface area contributed by atoms with Crippen LogP contribution in [0.4, 0.5) is 0 Å². The second-order valence-electron chi connectivity index (χ2n) is 5.47. The predicted octanol–water partition coefficient (Wildman–Crippen LogP) is -3.04. The van der Waals surface area contributed by atoms with Crippen molar-refractivity contribution in [2.45, 2.75) is 31.6 Å². The molecule has 0 N–H and O–H groups in total. The average Bonchev–Trinajstić information content (AvgIpc) is 3.31. The van der Waals surface area contributed by atoms with E-state index in [4.69, 9.17) is 0 Å². The third kappa shape index (κ3) is 3.63. The summed E-state index contributed by atoms with van der Waals surface area (Å²) in [5, 5.41) is 10.8. The van der Waals surface area contributed by atoms with Gasteiger partial charge in [0.25, 0.3) is 0 Å². The number of aromatic nitrogens is 2. The van der Waals surface area contributed by atoms with Crippen LogP contribution in [0.25, 0.3) is 0 Å². The van der Waals surface area contributed by atoms with E-state index in [-0.39, 0.29) is 42.4 Å². The van der Waals surface area contributed by atoms with Gasteiger partial charge in [-0.2, -0.15) is 0 Å². The first-order valence-electron chi connectivity index (χ1n) is 6.98. The molecule has 106 valence electrons. The Hall–Kier alpha value is -1.38. The van der Waals surface area contributed by atoms with Gasteiger partial charge in [-0.25, -0.2) is 9.97 Å². The topological polar surface area (TPSA) is 86.2 Å². The fourth-order valence-corrected chi connectivity index (χ4v) is 2.68. The standard InChI is InChI=1S/C14H17N3O3.Li/c18-13(10-1-2-10)17-7-4-9(5-8-17)11-3-6-15-12(16-11)14(19)20;/h3,6,9-10H,1-2,4-5,7-8H2,(H,19,20);/q;+1/p-1. The van der Waals surface area contributed by atoms with Gasteiger partial charge in [-0.1, -0.05) is 0 Å². The van der Waals surface area contributed by atoms with E-state index in [9.17, 15) is 14.7 Å². The van der Waals surface area contributed by atoms with Crippen LogP contribution >= 0.6 is 0 Å². The molecule has 0 atom stereocenters. The summed E-state index contributed by atoms with van der Waals surface area (Å²) in [5.74, 6) is -0.886. The molecular formula is C14H16LiN3O3. The third-order valence-corrected chi connectivity index (χ3v) is 4.01. The second-order valence-corrected chi connectivity index (χ2v) is 5.47. The molecule has 1 aromatic rings. The molecule has 0 unspecified atom stereocenters. The Kier molecular flexibility index (Phi) is 5.02. The SMILES string of the molecule is O=C([O-])c1nccc(C2CCN(C(=O)C3CC3)CC2)n1.[Li+]. The summed E-state index contributed by atoms with van der Waals surface area (Å²) in [4.78, 5) is 32.4. The number of carbonyl (C=O) groups is 2. The Morgan fingerprint density at radius 1 is 1.19 bits per heavy atom. The van der Waals surface area contributed by atoms with Crippen molar-refractivity contribution < 1.29 is 33.6 Å². The minimum atomic E-state index is -1.35. The van der Waals surface area contributed by atoms with Gasteiger partial charge < -0.3 is 14.8 Å². The van der Waals surface area contributed by atoms with Crippen molar-refractivity contribution in [3.8, 4) is 0 Å². The molecule has 1 saturated carbocycles. The zero-order valence-corrected chi connectivity index (χ0v) is 12.1. The predicted molar refractivity (Wildman–Crippen MR) is 67.6 cm³/mol. The maximum absolute atomic E-state index is 12.0. The van der Waals surface area contributed by atoms with Gasteiger partial charge in [0.05, 0.1) is 0 Å². The number of carboxylic acid groups (broad SMARTS) is 1. The minimum absolute atomic E-state index is 0. The molecular weight excluding hydrogens is 265 g/mol. The number of carbonyl (C=O) groups excluding carboxylic acids is 2. The average molecular weight is 281 g/mol. The molecule has 21 heavy (non-hydrogen) atoms. The van der Waals surface area contributed by atoms with Crippen molar-refractivity contribution in [1.29, 1.82) is 0 Å². The van der Waals surface area contributed by atoms with E-state index in [1.54, 1.807) is 6.07 Å². The molecule has 1 aliphatic heterocycles. The molecule has 3 rings (SSSR count). The molecule has 2 fully saturated rings. The van der Waals surface area contributed by atoms with Gasteiger partial charge in [-0.05, 0) is 31.7 Å². The summed E-state index contributed by atoms with van der Waals surface area (Å²) in [7, 11) is 0. The van der Waals surface area contributed by atoms with Crippen molar-refractivity contribution in [1.82, 2.24) is 14.9 Å². The molecule has 2 heterocycles. The number of likely N-dealkylation sites (tertiary alicyclic amines) is 1. The van der Waals surface area contributed by atoms with Crippen molar-refractivity contribution >= 4 is 11.9 Å². The van der Waals surface area contributed by atoms with Crippen LogP contribution in [0.3, 0.4) is 0 Å². The zero-order valence-electron chi connectivity index (χ0n) is 12.1. The van der Waals surface area contributed by atoms with Crippen LogP contribution in [0.1, 0.15) is 47.9 Å². The van der Waals surface area contributed by atoms with Crippen molar-refractivity contribution in [3.63, 3.8) is 0 Å². The van der Waals surface area contributed by atoms with Crippen LogP contribution in [0.2, 0.25) is 0 Å². The van der Waals surface area contributed by atoms with Crippen molar-refractivity contribution in [2.24, 2.45) is 5.92 Å². The second kappa shape index (κ2) is 6.59. The van der Waals surface area contributed by atoms with E-state index in [1.807, 2.05) is 4.90 Å². The Morgan fingerprint density at radius 3 is 2.43 bits per heavy atom. The third-order valence-electron chi connectivity index (χ3n) is 4.01. The van der Waals surface area contributed by atoms with Gasteiger partial charge in [0.2, 0.25) is 5.91 Å². The fraction of sp³-hybridized carbons (Fsp3) is 0.571. The van der Waals surface area contributed by atoms with Crippen LogP contribution in [-0.4, -0.2) is 39.8 Å². The van der Waals surface area contributed by atoms with Gasteiger partial charge in [-0.15, -0.1) is 0 Å². The molecule has 1 amide bonds. The molecule has 0 radical (unpaired) electrons. The van der Waals surface area contributed by atoms with Crippen LogP contribution in [0.15, 0.2) is 12.3 Å². The summed E-state index contributed by atoms with van der Waals surface area (Å²) < 4.78 is 0. The van der Waals surface area contributed by atoms with Crippen LogP contribution < -0.4 is 24.0 Å². The van der Waals surface area contributed by atoms with Gasteiger partial charge >= 0.3 is 18.9 Å². The molecule has 0 bridgehead atoms. The summed E-state index contributed by atoms with van der Waals surface area (Å²) in [6.45, 7) is 1.45. The van der Waals surface area contributed by atoms with E-state index >= 15 is 0 Å². The zero-order chi connectivity index (χ0) is 14.1. The van der Waals surface area contributed by atoms with Gasteiger partial charge in [0, 0.05) is 36.8 Å². The first kappa shape index (κ1) is 16.0. The largest absolute Gasteiger partial charge is 1.00 e. The van der Waals surface area contributed by atoms with E-state index in [0.717, 1.165) is 44.5 Å². The minimum Gasteiger partial charge on any atom is -0.542 e. The van der Waals surface area contributed by atoms with Crippen LogP contribution in [0, 0.1) is 5.92 Å². The molecule has 1 aliphatic carbocycles. The number of piperidine rings is 1. The van der Waals surface area contributed by atoms with Crippen LogP contribution in [0.5, 0.6) is 0 Å². The Morgan fingerprint density at radius 2 is 1.86 bits per heavy atom. The monoisotopic (exact) mass is 281 g/mol. The summed E-state index contributed by atoms with van der Waals surface area (Å²) in [6, 6.07) is 1.75. The van der Waals surface area contributed by atoms with Crippen molar-refractivity contribution in [2.75, 3.05) is 13.1 Å². The van der Waals surface area contributed by atoms with Gasteiger partial charge in [0.1, 0.15) is 5.97 Å². The first-order chi connectivity index (χ1) is 9.65. The molecule has 1 aromatic heterocycles. The van der Waals surface area contributed by atoms with E-state index in [0.29, 0.717) is 0 Å². The van der Waals surface area contributed by atoms with Crippen molar-refractivity contribution in [3.05, 3.63) is 23.8 Å². The number of aromatic carboxylic acids is 1. The van der Waals surface area contributed by atoms with E-state index in [2.05, 4.69) is 9.97 Å². The number of nitrogens with zero attached hydrogens (tertiary/aromatic N) is 3. The first-order valence-corrected chi connectivity index (χ1v) is 6.98. The van der Waals surface area contributed by atoms with Gasteiger partial charge in [0.15, 0.2) is 5.82 Å². The summed E-state index contributed by atoms with van der Waals surface area (Å²) in [6.07, 6.45) is 5.15. The number of hydrogen-bond acceptors (Lipinski definition) is 5. The smallest absolute Gasteiger partial charge is 0.542 e. The Bertz CT molecular complexity index is 540. The normalized spacial score (nSPS) is 19.0. The quantitative estimate of drug-likeness (QED) is 0.550. The van der Waals surface area contributed by atoms with E-state index < -0.39 is 5.97 Å². The maximum Gasteiger partial charge on any atom is 1.00 e. The molecule has 7 heteroatoms. The van der Waals surface area contributed by atoms with Crippen LogP contribution in [-0.2, 0) is 4.79 Å². The number of hydrogen-bond donors (Lipinski definition) is 0. The Balaban J connectivity index is 0.00000161. The molecule has 6 nitrogen and oxygen atoms in total. The maximum atomic E-state index is 12.0. The number of amides is 1. The van der Waals surface area contributed by atoms with E-state index in [1.165, 1.54) is 6.20 Å². The van der Waals surface area contributed by atoms with Gasteiger partial charge in [-0.3, -0.25) is 4.79 Å². The fourth-order valence-electron chi connectivity index (χ4n) is 2.68. The number of carboxylic acids is 1. The number of rotatable bonds is 3. The Labute approximate surface area is 135 Å². The molecule has 0 aromatic carbocycles. The summed E-state index contributed by atoms with van der Waals surface area (Å²) >= 11 is 0. The molecule has 0 spiro atoms. The molecule has 2 aliphatic rings.